The number of thiophene rings is 1. The van der Waals surface area contributed by atoms with E-state index in [1.807, 2.05) is 35.7 Å². The lowest BCUT2D eigenvalue weighted by atomic mass is 10.2. The molecular formula is C22H19N3OS. The molecule has 27 heavy (non-hydrogen) atoms. The van der Waals surface area contributed by atoms with Crippen molar-refractivity contribution in [3.63, 3.8) is 0 Å². The molecule has 0 aliphatic carbocycles. The molecular weight excluding hydrogens is 354 g/mol. The molecule has 4 rings (SSSR count). The average Bonchev–Trinajstić information content (AvgIpc) is 3.31. The Bertz CT molecular complexity index is 1130. The molecule has 0 saturated heterocycles. The molecule has 5 heteroatoms. The standard InChI is InChI=1S/C22H19N3OS/c1-4-17-12-13-27-21(17)20-22(25-15(2)6-5-7-19(25)24-20)23-14-16-8-10-18(26-3)11-9-16/h1,5-13,23H,14H2,2-3H3. The van der Waals surface area contributed by atoms with Gasteiger partial charge in [0, 0.05) is 17.8 Å². The van der Waals surface area contributed by atoms with Crippen LogP contribution in [-0.2, 0) is 6.54 Å². The van der Waals surface area contributed by atoms with E-state index in [2.05, 4.69) is 40.8 Å². The number of terminal acetylenes is 1. The van der Waals surface area contributed by atoms with Crippen LogP contribution in [0, 0.1) is 19.3 Å². The molecule has 134 valence electrons. The zero-order valence-corrected chi connectivity index (χ0v) is 16.0. The highest BCUT2D eigenvalue weighted by Gasteiger charge is 2.18. The molecule has 0 aliphatic rings. The number of aryl methyl sites for hydroxylation is 1. The van der Waals surface area contributed by atoms with E-state index in [-0.39, 0.29) is 0 Å². The minimum absolute atomic E-state index is 0.676. The Hall–Kier alpha value is -3.23. The Labute approximate surface area is 162 Å². The molecule has 0 radical (unpaired) electrons. The largest absolute Gasteiger partial charge is 0.497 e. The van der Waals surface area contributed by atoms with E-state index in [4.69, 9.17) is 16.1 Å². The molecule has 0 spiro atoms. The lowest BCUT2D eigenvalue weighted by Gasteiger charge is -2.11. The van der Waals surface area contributed by atoms with E-state index in [1.54, 1.807) is 18.4 Å². The number of methoxy groups -OCH3 is 1. The lowest BCUT2D eigenvalue weighted by Crippen LogP contribution is -2.04. The quantitative estimate of drug-likeness (QED) is 0.502. The van der Waals surface area contributed by atoms with Gasteiger partial charge in [0.05, 0.1) is 12.0 Å². The minimum atomic E-state index is 0.676. The van der Waals surface area contributed by atoms with Crippen LogP contribution in [0.4, 0.5) is 5.82 Å². The van der Waals surface area contributed by atoms with Gasteiger partial charge in [0.1, 0.15) is 22.9 Å². The van der Waals surface area contributed by atoms with Gasteiger partial charge in [-0.05, 0) is 48.2 Å². The fourth-order valence-electron chi connectivity index (χ4n) is 3.11. The third-order valence-electron chi connectivity index (χ3n) is 4.49. The molecule has 3 heterocycles. The van der Waals surface area contributed by atoms with Crippen LogP contribution in [0.5, 0.6) is 5.75 Å². The zero-order chi connectivity index (χ0) is 18.8. The number of imidazole rings is 1. The summed E-state index contributed by atoms with van der Waals surface area (Å²) in [4.78, 5) is 5.87. The zero-order valence-electron chi connectivity index (χ0n) is 15.2. The van der Waals surface area contributed by atoms with Crippen molar-refractivity contribution in [2.45, 2.75) is 13.5 Å². The summed E-state index contributed by atoms with van der Waals surface area (Å²) in [6.45, 7) is 2.75. The minimum Gasteiger partial charge on any atom is -0.497 e. The molecule has 4 aromatic rings. The highest BCUT2D eigenvalue weighted by molar-refractivity contribution is 7.13. The highest BCUT2D eigenvalue weighted by Crippen LogP contribution is 2.35. The maximum Gasteiger partial charge on any atom is 0.140 e. The summed E-state index contributed by atoms with van der Waals surface area (Å²) in [5, 5.41) is 5.58. The number of aromatic nitrogens is 2. The van der Waals surface area contributed by atoms with E-state index in [0.717, 1.165) is 44.6 Å². The molecule has 0 bridgehead atoms. The smallest absolute Gasteiger partial charge is 0.140 e. The Kier molecular flexibility index (Phi) is 4.57. The number of hydrogen-bond donors (Lipinski definition) is 1. The van der Waals surface area contributed by atoms with E-state index in [9.17, 15) is 0 Å². The van der Waals surface area contributed by atoms with Crippen molar-refractivity contribution in [1.82, 2.24) is 9.38 Å². The van der Waals surface area contributed by atoms with Crippen molar-refractivity contribution in [2.24, 2.45) is 0 Å². The first-order valence-electron chi connectivity index (χ1n) is 8.60. The molecule has 0 atom stereocenters. The number of pyridine rings is 1. The van der Waals surface area contributed by atoms with Crippen molar-refractivity contribution >= 4 is 22.8 Å². The number of rotatable bonds is 5. The fraction of sp³-hybridized carbons (Fsp3) is 0.136. The van der Waals surface area contributed by atoms with Gasteiger partial charge in [-0.1, -0.05) is 24.1 Å². The van der Waals surface area contributed by atoms with Crippen LogP contribution in [-0.4, -0.2) is 16.5 Å². The number of ether oxygens (including phenoxy) is 1. The Balaban J connectivity index is 1.77. The van der Waals surface area contributed by atoms with Crippen LogP contribution in [0.2, 0.25) is 0 Å². The molecule has 3 aromatic heterocycles. The van der Waals surface area contributed by atoms with E-state index < -0.39 is 0 Å². The van der Waals surface area contributed by atoms with Gasteiger partial charge < -0.3 is 10.1 Å². The topological polar surface area (TPSA) is 38.6 Å². The number of nitrogens with zero attached hydrogens (tertiary/aromatic N) is 2. The summed E-state index contributed by atoms with van der Waals surface area (Å²) in [5.74, 6) is 4.57. The van der Waals surface area contributed by atoms with Crippen LogP contribution < -0.4 is 10.1 Å². The van der Waals surface area contributed by atoms with Gasteiger partial charge in [-0.25, -0.2) is 4.98 Å². The lowest BCUT2D eigenvalue weighted by molar-refractivity contribution is 0.414. The van der Waals surface area contributed by atoms with Crippen molar-refractivity contribution in [1.29, 1.82) is 0 Å². The first-order chi connectivity index (χ1) is 13.2. The van der Waals surface area contributed by atoms with E-state index in [1.165, 1.54) is 0 Å². The summed E-state index contributed by atoms with van der Waals surface area (Å²) in [6, 6.07) is 16.1. The molecule has 1 aromatic carbocycles. The van der Waals surface area contributed by atoms with Crippen molar-refractivity contribution < 1.29 is 4.74 Å². The Morgan fingerprint density at radius 2 is 2.00 bits per heavy atom. The van der Waals surface area contributed by atoms with Crippen LogP contribution in [0.1, 0.15) is 16.8 Å². The summed E-state index contributed by atoms with van der Waals surface area (Å²) in [6.07, 6.45) is 5.69. The highest BCUT2D eigenvalue weighted by atomic mass is 32.1. The van der Waals surface area contributed by atoms with Crippen LogP contribution in [0.25, 0.3) is 16.2 Å². The van der Waals surface area contributed by atoms with Crippen molar-refractivity contribution in [2.75, 3.05) is 12.4 Å². The average molecular weight is 373 g/mol. The molecule has 0 fully saturated rings. The van der Waals surface area contributed by atoms with Crippen molar-refractivity contribution in [3.8, 4) is 28.7 Å². The van der Waals surface area contributed by atoms with Gasteiger partial charge in [0.25, 0.3) is 0 Å². The van der Waals surface area contributed by atoms with Crippen molar-refractivity contribution in [3.05, 3.63) is 70.7 Å². The predicted molar refractivity (Wildman–Crippen MR) is 111 cm³/mol. The number of anilines is 1. The van der Waals surface area contributed by atoms with Crippen LogP contribution in [0.15, 0.2) is 53.9 Å². The van der Waals surface area contributed by atoms with Crippen LogP contribution in [0.3, 0.4) is 0 Å². The monoisotopic (exact) mass is 373 g/mol. The number of fused-ring (bicyclic) bond motifs is 1. The summed E-state index contributed by atoms with van der Waals surface area (Å²) < 4.78 is 7.37. The maximum atomic E-state index is 5.69. The Morgan fingerprint density at radius 3 is 2.74 bits per heavy atom. The molecule has 0 aliphatic heterocycles. The molecule has 0 saturated carbocycles. The van der Waals surface area contributed by atoms with Crippen LogP contribution >= 0.6 is 11.3 Å². The van der Waals surface area contributed by atoms with E-state index >= 15 is 0 Å². The number of nitrogens with one attached hydrogen (secondary N) is 1. The summed E-state index contributed by atoms with van der Waals surface area (Å²) in [7, 11) is 1.67. The summed E-state index contributed by atoms with van der Waals surface area (Å²) in [5.41, 5.74) is 4.93. The first-order valence-corrected chi connectivity index (χ1v) is 9.48. The number of hydrogen-bond acceptors (Lipinski definition) is 4. The summed E-state index contributed by atoms with van der Waals surface area (Å²) >= 11 is 1.61. The maximum absolute atomic E-state index is 5.69. The molecule has 4 nitrogen and oxygen atoms in total. The normalized spacial score (nSPS) is 10.7. The molecule has 1 N–H and O–H groups in total. The van der Waals surface area contributed by atoms with Gasteiger partial charge in [-0.3, -0.25) is 4.40 Å². The van der Waals surface area contributed by atoms with Gasteiger partial charge in [-0.15, -0.1) is 17.8 Å². The van der Waals surface area contributed by atoms with Gasteiger partial charge in [0.2, 0.25) is 0 Å². The SMILES string of the molecule is C#Cc1ccsc1-c1nc2cccc(C)n2c1NCc1ccc(OC)cc1. The first kappa shape index (κ1) is 17.2. The predicted octanol–water partition coefficient (Wildman–Crippen LogP) is 4.97. The van der Waals surface area contributed by atoms with Gasteiger partial charge >= 0.3 is 0 Å². The Morgan fingerprint density at radius 1 is 1.19 bits per heavy atom. The van der Waals surface area contributed by atoms with Gasteiger partial charge in [0.15, 0.2) is 0 Å². The molecule has 0 unspecified atom stereocenters. The third kappa shape index (κ3) is 3.16. The van der Waals surface area contributed by atoms with E-state index in [0.29, 0.717) is 6.54 Å². The third-order valence-corrected chi connectivity index (χ3v) is 5.41. The van der Waals surface area contributed by atoms with Gasteiger partial charge in [-0.2, -0.15) is 0 Å². The fourth-order valence-corrected chi connectivity index (χ4v) is 3.96. The second-order valence-electron chi connectivity index (χ2n) is 6.18. The second-order valence-corrected chi connectivity index (χ2v) is 7.10. The number of benzene rings is 1. The molecule has 0 amide bonds. The second kappa shape index (κ2) is 7.18.